The fourth-order valence-corrected chi connectivity index (χ4v) is 0.727. The molecule has 0 aromatic heterocycles. The maximum Gasteiger partial charge on any atom is 0.407 e. The van der Waals surface area contributed by atoms with Gasteiger partial charge < -0.3 is 15.2 Å². The van der Waals surface area contributed by atoms with E-state index >= 15 is 0 Å². The number of carbonyl (C=O) groups is 1. The summed E-state index contributed by atoms with van der Waals surface area (Å²) >= 11 is 0. The average Bonchev–Trinajstić information content (AvgIpc) is 2.15. The van der Waals surface area contributed by atoms with Gasteiger partial charge in [0.15, 0.2) is 0 Å². The van der Waals surface area contributed by atoms with Gasteiger partial charge in [0, 0.05) is 18.6 Å². The highest BCUT2D eigenvalue weighted by Gasteiger charge is 2.22. The largest absolute Gasteiger partial charge is 0.444 e. The Morgan fingerprint density at radius 3 is 2.27 bits per heavy atom. The maximum absolute atomic E-state index is 11.4. The number of aliphatic hydroxyl groups is 1. The van der Waals surface area contributed by atoms with Crippen LogP contribution < -0.4 is 5.32 Å². The number of amides is 1. The van der Waals surface area contributed by atoms with Crippen LogP contribution in [0.4, 0.5) is 4.79 Å². The lowest BCUT2D eigenvalue weighted by molar-refractivity contribution is 0.0332. The lowest BCUT2D eigenvalue weighted by Crippen LogP contribution is -2.40. The molecule has 0 bridgehead atoms. The molecular formula is C11H23NO3. The van der Waals surface area contributed by atoms with Crippen molar-refractivity contribution in [3.63, 3.8) is 0 Å². The van der Waals surface area contributed by atoms with Gasteiger partial charge in [0.25, 0.3) is 0 Å². The zero-order valence-electron chi connectivity index (χ0n) is 10.4. The molecule has 0 heterocycles. The molecule has 0 rings (SSSR count). The van der Waals surface area contributed by atoms with Gasteiger partial charge in [-0.2, -0.15) is 0 Å². The first kappa shape index (κ1) is 14.2. The van der Waals surface area contributed by atoms with Gasteiger partial charge in [-0.05, 0) is 20.3 Å². The fourth-order valence-electron chi connectivity index (χ4n) is 0.727. The van der Waals surface area contributed by atoms with E-state index in [0.717, 1.165) is 6.42 Å². The first-order valence-corrected chi connectivity index (χ1v) is 5.30. The molecule has 0 saturated heterocycles. The van der Waals surface area contributed by atoms with E-state index in [0.29, 0.717) is 6.54 Å². The Kier molecular flexibility index (Phi) is 5.08. The Morgan fingerprint density at radius 2 is 1.87 bits per heavy atom. The van der Waals surface area contributed by atoms with Gasteiger partial charge in [-0.3, -0.25) is 0 Å². The van der Waals surface area contributed by atoms with Gasteiger partial charge in [-0.25, -0.2) is 4.79 Å². The molecule has 0 aromatic carbocycles. The second-order valence-corrected chi connectivity index (χ2v) is 5.18. The summed E-state index contributed by atoms with van der Waals surface area (Å²) in [6.07, 6.45) is 0.340. The Morgan fingerprint density at radius 1 is 1.33 bits per heavy atom. The summed E-state index contributed by atoms with van der Waals surface area (Å²) in [5.74, 6) is 0. The van der Waals surface area contributed by atoms with E-state index in [1.54, 1.807) is 0 Å². The lowest BCUT2D eigenvalue weighted by atomic mass is 9.95. The molecule has 90 valence electrons. The molecule has 0 fully saturated rings. The molecule has 15 heavy (non-hydrogen) atoms. The quantitative estimate of drug-likeness (QED) is 0.739. The summed E-state index contributed by atoms with van der Waals surface area (Å²) in [6.45, 7) is 9.88. The molecule has 0 saturated carbocycles. The van der Waals surface area contributed by atoms with Crippen LogP contribution in [0.2, 0.25) is 0 Å². The number of nitrogens with one attached hydrogen (secondary N) is 1. The van der Waals surface area contributed by atoms with Crippen LogP contribution >= 0.6 is 0 Å². The molecule has 2 N–H and O–H groups in total. The molecule has 0 aliphatic heterocycles. The van der Waals surface area contributed by atoms with Gasteiger partial charge in [0.2, 0.25) is 0 Å². The number of hydrogen-bond acceptors (Lipinski definition) is 3. The fraction of sp³-hybridized carbons (Fsp3) is 0.909. The molecule has 0 spiro atoms. The summed E-state index contributed by atoms with van der Waals surface area (Å²) in [7, 11) is 0. The Balaban J connectivity index is 3.96. The van der Waals surface area contributed by atoms with Crippen molar-refractivity contribution in [3.05, 3.63) is 0 Å². The smallest absolute Gasteiger partial charge is 0.407 e. The van der Waals surface area contributed by atoms with Crippen LogP contribution in [0.15, 0.2) is 0 Å². The number of ether oxygens (including phenoxy) is 1. The number of rotatable bonds is 5. The van der Waals surface area contributed by atoms with Crippen LogP contribution in [0.1, 0.15) is 41.0 Å². The first-order valence-electron chi connectivity index (χ1n) is 5.30. The van der Waals surface area contributed by atoms with Crippen LogP contribution in [-0.4, -0.2) is 30.0 Å². The van der Waals surface area contributed by atoms with Crippen LogP contribution in [0, 0.1) is 5.41 Å². The van der Waals surface area contributed by atoms with Gasteiger partial charge in [0.1, 0.15) is 5.60 Å². The van der Waals surface area contributed by atoms with Crippen molar-refractivity contribution in [3.8, 4) is 0 Å². The summed E-state index contributed by atoms with van der Waals surface area (Å²) in [5, 5.41) is 11.6. The predicted molar refractivity (Wildman–Crippen MR) is 59.7 cm³/mol. The summed E-state index contributed by atoms with van der Waals surface area (Å²) < 4.78 is 5.20. The van der Waals surface area contributed by atoms with Gasteiger partial charge in [-0.15, -0.1) is 0 Å². The molecule has 4 heteroatoms. The second-order valence-electron chi connectivity index (χ2n) is 5.18. The summed E-state index contributed by atoms with van der Waals surface area (Å²) in [4.78, 5) is 11.4. The molecule has 0 atom stereocenters. The van der Waals surface area contributed by atoms with Crippen molar-refractivity contribution in [2.45, 2.75) is 46.6 Å². The second kappa shape index (κ2) is 5.35. The minimum atomic E-state index is -0.437. The minimum Gasteiger partial charge on any atom is -0.444 e. The highest BCUT2D eigenvalue weighted by atomic mass is 16.6. The number of aliphatic hydroxyl groups excluding tert-OH is 1. The maximum atomic E-state index is 11.4. The van der Waals surface area contributed by atoms with Crippen molar-refractivity contribution in [1.29, 1.82) is 0 Å². The molecule has 4 nitrogen and oxygen atoms in total. The summed E-state index contributed by atoms with van der Waals surface area (Å²) in [5.41, 5.74) is -0.747. The first-order chi connectivity index (χ1) is 6.72. The Labute approximate surface area is 92.0 Å². The number of hydrogen-bond donors (Lipinski definition) is 2. The third kappa shape index (κ3) is 6.33. The Bertz CT molecular complexity index is 212. The van der Waals surface area contributed by atoms with E-state index < -0.39 is 11.7 Å². The van der Waals surface area contributed by atoms with Crippen LogP contribution in [0.25, 0.3) is 0 Å². The molecule has 0 unspecified atom stereocenters. The predicted octanol–water partition coefficient (Wildman–Crippen LogP) is 1.92. The van der Waals surface area contributed by atoms with Gasteiger partial charge in [-0.1, -0.05) is 20.8 Å². The summed E-state index contributed by atoms with van der Waals surface area (Å²) in [6, 6.07) is 0. The van der Waals surface area contributed by atoms with E-state index in [-0.39, 0.29) is 12.0 Å². The monoisotopic (exact) mass is 217 g/mol. The third-order valence-electron chi connectivity index (χ3n) is 2.36. The lowest BCUT2D eigenvalue weighted by Gasteiger charge is -2.26. The van der Waals surface area contributed by atoms with Crippen molar-refractivity contribution in [1.82, 2.24) is 5.32 Å². The average molecular weight is 217 g/mol. The van der Waals surface area contributed by atoms with E-state index in [1.807, 2.05) is 34.6 Å². The van der Waals surface area contributed by atoms with Crippen molar-refractivity contribution >= 4 is 6.09 Å². The van der Waals surface area contributed by atoms with Crippen molar-refractivity contribution in [2.24, 2.45) is 5.41 Å². The minimum absolute atomic E-state index is 0.0322. The number of carbonyl (C=O) groups excluding carboxylic acids is 1. The molecule has 0 aliphatic carbocycles. The molecule has 0 radical (unpaired) electrons. The van der Waals surface area contributed by atoms with Crippen molar-refractivity contribution in [2.75, 3.05) is 13.2 Å². The SMILES string of the molecule is CCC(C)(C)OC(=O)NCC(C)(C)CO. The van der Waals surface area contributed by atoms with Crippen LogP contribution in [0.3, 0.4) is 0 Å². The molecule has 1 amide bonds. The van der Waals surface area contributed by atoms with Crippen LogP contribution in [-0.2, 0) is 4.74 Å². The van der Waals surface area contributed by atoms with Crippen LogP contribution in [0.5, 0.6) is 0 Å². The van der Waals surface area contributed by atoms with E-state index in [4.69, 9.17) is 9.84 Å². The topological polar surface area (TPSA) is 58.6 Å². The van der Waals surface area contributed by atoms with Crippen molar-refractivity contribution < 1.29 is 14.6 Å². The normalized spacial score (nSPS) is 12.4. The molecular weight excluding hydrogens is 194 g/mol. The standard InChI is InChI=1S/C11H23NO3/c1-6-11(4,5)15-9(14)12-7-10(2,3)8-13/h13H,6-8H2,1-5H3,(H,12,14). The van der Waals surface area contributed by atoms with E-state index in [9.17, 15) is 4.79 Å². The zero-order valence-corrected chi connectivity index (χ0v) is 10.4. The Hall–Kier alpha value is -0.770. The zero-order chi connectivity index (χ0) is 12.1. The van der Waals surface area contributed by atoms with E-state index in [1.165, 1.54) is 0 Å². The van der Waals surface area contributed by atoms with Gasteiger partial charge in [0.05, 0.1) is 0 Å². The molecule has 0 aliphatic rings. The highest BCUT2D eigenvalue weighted by Crippen LogP contribution is 2.15. The van der Waals surface area contributed by atoms with Gasteiger partial charge >= 0.3 is 6.09 Å². The third-order valence-corrected chi connectivity index (χ3v) is 2.36. The molecule has 0 aromatic rings. The van der Waals surface area contributed by atoms with E-state index in [2.05, 4.69) is 5.32 Å². The number of alkyl carbamates (subject to hydrolysis) is 1. The highest BCUT2D eigenvalue weighted by molar-refractivity contribution is 5.67.